The molecule has 0 radical (unpaired) electrons. The summed E-state index contributed by atoms with van der Waals surface area (Å²) in [6, 6.07) is 5.16. The van der Waals surface area contributed by atoms with Crippen LogP contribution in [0.4, 0.5) is 17.1 Å². The van der Waals surface area contributed by atoms with Gasteiger partial charge in [-0.15, -0.1) is 11.3 Å². The van der Waals surface area contributed by atoms with Crippen LogP contribution in [0.1, 0.15) is 0 Å². The molecule has 0 aliphatic rings. The second-order valence-corrected chi connectivity index (χ2v) is 7.80. The summed E-state index contributed by atoms with van der Waals surface area (Å²) >= 11 is 12.1. The summed E-state index contributed by atoms with van der Waals surface area (Å²) in [6.45, 7) is 0. The Morgan fingerprint density at radius 3 is 2.52 bits per heavy atom. The highest BCUT2D eigenvalue weighted by atomic mass is 35.5. The van der Waals surface area contributed by atoms with Crippen molar-refractivity contribution in [1.29, 1.82) is 0 Å². The summed E-state index contributed by atoms with van der Waals surface area (Å²) in [5.74, 6) is 0. The maximum absolute atomic E-state index is 12.2. The molecule has 112 valence electrons. The van der Waals surface area contributed by atoms with Crippen molar-refractivity contribution in [2.45, 2.75) is 4.21 Å². The molecule has 7 nitrogen and oxygen atoms in total. The minimum atomic E-state index is -4.05. The first-order valence-electron chi connectivity index (χ1n) is 5.22. The van der Waals surface area contributed by atoms with Crippen molar-refractivity contribution < 1.29 is 13.3 Å². The van der Waals surface area contributed by atoms with Gasteiger partial charge in [0.2, 0.25) is 0 Å². The lowest BCUT2D eigenvalue weighted by molar-refractivity contribution is -0.384. The zero-order chi connectivity index (χ0) is 15.8. The van der Waals surface area contributed by atoms with Crippen LogP contribution in [0.3, 0.4) is 0 Å². The van der Waals surface area contributed by atoms with E-state index in [9.17, 15) is 18.5 Å². The molecule has 3 N–H and O–H groups in total. The van der Waals surface area contributed by atoms with Gasteiger partial charge in [0.1, 0.15) is 4.21 Å². The Kier molecular flexibility index (Phi) is 4.28. The number of nitrogens with two attached hydrogens (primary N) is 1. The van der Waals surface area contributed by atoms with Gasteiger partial charge in [0.15, 0.2) is 4.34 Å². The fourth-order valence-corrected chi connectivity index (χ4v) is 4.37. The maximum atomic E-state index is 12.2. The van der Waals surface area contributed by atoms with Crippen LogP contribution < -0.4 is 10.5 Å². The van der Waals surface area contributed by atoms with Gasteiger partial charge >= 0.3 is 0 Å². The molecule has 1 heterocycles. The van der Waals surface area contributed by atoms with Crippen LogP contribution in [-0.4, -0.2) is 13.3 Å². The number of hydrogen-bond acceptors (Lipinski definition) is 6. The molecule has 0 aliphatic heterocycles. The van der Waals surface area contributed by atoms with Gasteiger partial charge in [-0.3, -0.25) is 14.8 Å². The molecule has 0 atom stereocenters. The van der Waals surface area contributed by atoms with E-state index in [0.717, 1.165) is 6.07 Å². The van der Waals surface area contributed by atoms with Crippen molar-refractivity contribution in [3.05, 3.63) is 43.7 Å². The molecular formula is C10H7Cl2N3O4S2. The monoisotopic (exact) mass is 367 g/mol. The normalized spacial score (nSPS) is 11.3. The minimum Gasteiger partial charge on any atom is -0.399 e. The van der Waals surface area contributed by atoms with E-state index in [0.29, 0.717) is 17.0 Å². The fraction of sp³-hybridized carbons (Fsp3) is 0. The first-order valence-corrected chi connectivity index (χ1v) is 8.28. The SMILES string of the molecule is Nc1ccc(Cl)c(NS(=O)(=O)c2cc([N+](=O)[O-])c(Cl)s2)c1. The van der Waals surface area contributed by atoms with Gasteiger partial charge in [-0.1, -0.05) is 23.2 Å². The van der Waals surface area contributed by atoms with Crippen LogP contribution in [0.15, 0.2) is 28.5 Å². The Hall–Kier alpha value is -1.55. The molecule has 2 aromatic rings. The molecule has 0 unspecified atom stereocenters. The molecule has 11 heteroatoms. The van der Waals surface area contributed by atoms with E-state index >= 15 is 0 Å². The predicted octanol–water partition coefficient (Wildman–Crippen LogP) is 3.35. The standard InChI is InChI=1S/C10H7Cl2N3O4S2/c11-6-2-1-5(13)3-7(6)14-21(18,19)9-4-8(15(16)17)10(12)20-9/h1-4,14H,13H2. The number of nitro groups is 1. The fourth-order valence-electron chi connectivity index (χ4n) is 1.41. The quantitative estimate of drug-likeness (QED) is 0.488. The molecule has 1 aromatic heterocycles. The molecule has 0 saturated carbocycles. The summed E-state index contributed by atoms with van der Waals surface area (Å²) in [7, 11) is -4.05. The molecule has 0 spiro atoms. The van der Waals surface area contributed by atoms with Gasteiger partial charge in [-0.05, 0) is 18.2 Å². The Labute approximate surface area is 133 Å². The summed E-state index contributed by atoms with van der Waals surface area (Å²) in [6.07, 6.45) is 0. The first-order chi connectivity index (χ1) is 9.70. The highest BCUT2D eigenvalue weighted by molar-refractivity contribution is 7.94. The molecule has 0 saturated heterocycles. The van der Waals surface area contributed by atoms with Crippen LogP contribution in [0.5, 0.6) is 0 Å². The van der Waals surface area contributed by atoms with E-state index < -0.39 is 20.6 Å². The third-order valence-electron chi connectivity index (χ3n) is 2.34. The van der Waals surface area contributed by atoms with Crippen LogP contribution in [0.25, 0.3) is 0 Å². The largest absolute Gasteiger partial charge is 0.399 e. The van der Waals surface area contributed by atoms with Gasteiger partial charge in [0.05, 0.1) is 15.6 Å². The van der Waals surface area contributed by atoms with E-state index in [2.05, 4.69) is 4.72 Å². The zero-order valence-corrected chi connectivity index (χ0v) is 13.2. The molecule has 1 aromatic carbocycles. The number of hydrogen-bond donors (Lipinski definition) is 2. The van der Waals surface area contributed by atoms with Crippen molar-refractivity contribution >= 4 is 61.6 Å². The average molecular weight is 368 g/mol. The van der Waals surface area contributed by atoms with Gasteiger partial charge < -0.3 is 5.73 Å². The van der Waals surface area contributed by atoms with E-state index in [4.69, 9.17) is 28.9 Å². The number of nitrogens with one attached hydrogen (secondary N) is 1. The van der Waals surface area contributed by atoms with E-state index in [1.807, 2.05) is 0 Å². The Bertz CT molecular complexity index is 820. The Morgan fingerprint density at radius 2 is 1.95 bits per heavy atom. The summed E-state index contributed by atoms with van der Waals surface area (Å²) in [5.41, 5.74) is 5.47. The van der Waals surface area contributed by atoms with Crippen LogP contribution in [0.2, 0.25) is 9.36 Å². The lowest BCUT2D eigenvalue weighted by Crippen LogP contribution is -2.12. The zero-order valence-electron chi connectivity index (χ0n) is 10.0. The number of halogens is 2. The van der Waals surface area contributed by atoms with Crippen molar-refractivity contribution in [2.24, 2.45) is 0 Å². The highest BCUT2D eigenvalue weighted by Crippen LogP contribution is 2.37. The molecule has 0 bridgehead atoms. The average Bonchev–Trinajstić information content (AvgIpc) is 2.77. The van der Waals surface area contributed by atoms with E-state index in [1.165, 1.54) is 18.2 Å². The van der Waals surface area contributed by atoms with Crippen LogP contribution in [-0.2, 0) is 10.0 Å². The lowest BCUT2D eigenvalue weighted by atomic mass is 10.3. The number of anilines is 2. The topological polar surface area (TPSA) is 115 Å². The number of sulfonamides is 1. The number of thiophene rings is 1. The molecule has 0 fully saturated rings. The molecular weight excluding hydrogens is 361 g/mol. The Balaban J connectivity index is 2.41. The number of nitrogens with zero attached hydrogens (tertiary/aromatic N) is 1. The van der Waals surface area contributed by atoms with Gasteiger partial charge in [-0.2, -0.15) is 0 Å². The lowest BCUT2D eigenvalue weighted by Gasteiger charge is -2.08. The van der Waals surface area contributed by atoms with Crippen molar-refractivity contribution in [3.63, 3.8) is 0 Å². The number of benzene rings is 1. The summed E-state index contributed by atoms with van der Waals surface area (Å²) in [5, 5.41) is 10.8. The third-order valence-corrected chi connectivity index (χ3v) is 5.85. The maximum Gasteiger partial charge on any atom is 0.300 e. The van der Waals surface area contributed by atoms with E-state index in [-0.39, 0.29) is 19.3 Å². The second kappa shape index (κ2) is 5.68. The van der Waals surface area contributed by atoms with Crippen LogP contribution >= 0.6 is 34.5 Å². The summed E-state index contributed by atoms with van der Waals surface area (Å²) in [4.78, 5) is 9.94. The molecule has 0 aliphatic carbocycles. The van der Waals surface area contributed by atoms with E-state index in [1.54, 1.807) is 0 Å². The third kappa shape index (κ3) is 3.38. The highest BCUT2D eigenvalue weighted by Gasteiger charge is 2.25. The Morgan fingerprint density at radius 1 is 1.29 bits per heavy atom. The second-order valence-electron chi connectivity index (χ2n) is 3.83. The number of rotatable bonds is 4. The smallest absolute Gasteiger partial charge is 0.300 e. The molecule has 2 rings (SSSR count). The predicted molar refractivity (Wildman–Crippen MR) is 82.7 cm³/mol. The first kappa shape index (κ1) is 15.8. The van der Waals surface area contributed by atoms with Crippen molar-refractivity contribution in [1.82, 2.24) is 0 Å². The van der Waals surface area contributed by atoms with Crippen molar-refractivity contribution in [2.75, 3.05) is 10.5 Å². The minimum absolute atomic E-state index is 0.0730. The molecule has 0 amide bonds. The molecule has 21 heavy (non-hydrogen) atoms. The number of nitrogen functional groups attached to an aromatic ring is 1. The van der Waals surface area contributed by atoms with Crippen LogP contribution in [0, 0.1) is 10.1 Å². The van der Waals surface area contributed by atoms with Gasteiger partial charge in [0.25, 0.3) is 15.7 Å². The summed E-state index contributed by atoms with van der Waals surface area (Å²) < 4.78 is 26.0. The van der Waals surface area contributed by atoms with Gasteiger partial charge in [0, 0.05) is 11.8 Å². The van der Waals surface area contributed by atoms with Crippen molar-refractivity contribution in [3.8, 4) is 0 Å². The van der Waals surface area contributed by atoms with Gasteiger partial charge in [-0.25, -0.2) is 8.42 Å².